The molecular formula is C16H29N3O2. The van der Waals surface area contributed by atoms with Gasteiger partial charge in [-0.1, -0.05) is 0 Å². The van der Waals surface area contributed by atoms with E-state index in [1.165, 1.54) is 12.8 Å². The molecule has 0 aromatic heterocycles. The van der Waals surface area contributed by atoms with Crippen molar-refractivity contribution >= 4 is 5.91 Å². The van der Waals surface area contributed by atoms with Gasteiger partial charge in [0.05, 0.1) is 12.0 Å². The minimum atomic E-state index is -0.111. The highest BCUT2D eigenvalue weighted by molar-refractivity contribution is 5.80. The molecule has 1 saturated heterocycles. The number of aliphatic hydroxyl groups excluding tert-OH is 1. The zero-order chi connectivity index (χ0) is 14.8. The van der Waals surface area contributed by atoms with Gasteiger partial charge in [0, 0.05) is 25.7 Å². The summed E-state index contributed by atoms with van der Waals surface area (Å²) < 4.78 is 0. The van der Waals surface area contributed by atoms with Crippen LogP contribution in [0, 0.1) is 17.8 Å². The van der Waals surface area contributed by atoms with Crippen LogP contribution < -0.4 is 11.1 Å². The standard InChI is InChI=1S/C16H29N3O2/c17-15-12-3-2-11(10-12)14(15)16(21)18-6-1-7-19-8-4-13(20)5-9-19/h11-15,20H,1-10,17H2,(H,18,21). The second-order valence-corrected chi connectivity index (χ2v) is 7.15. The van der Waals surface area contributed by atoms with Crippen molar-refractivity contribution in [3.05, 3.63) is 0 Å². The maximum atomic E-state index is 12.3. The molecule has 1 amide bonds. The molecule has 0 spiro atoms. The number of hydrogen-bond donors (Lipinski definition) is 3. The van der Waals surface area contributed by atoms with Gasteiger partial charge in [-0.15, -0.1) is 0 Å². The largest absolute Gasteiger partial charge is 0.393 e. The number of rotatable bonds is 5. The molecule has 2 bridgehead atoms. The van der Waals surface area contributed by atoms with Gasteiger partial charge < -0.3 is 21.1 Å². The van der Waals surface area contributed by atoms with Gasteiger partial charge in [0.1, 0.15) is 0 Å². The molecule has 21 heavy (non-hydrogen) atoms. The van der Waals surface area contributed by atoms with Gasteiger partial charge in [-0.3, -0.25) is 4.79 Å². The summed E-state index contributed by atoms with van der Waals surface area (Å²) in [5.74, 6) is 1.37. The maximum Gasteiger partial charge on any atom is 0.224 e. The predicted molar refractivity (Wildman–Crippen MR) is 81.6 cm³/mol. The molecule has 0 aromatic rings. The smallest absolute Gasteiger partial charge is 0.224 e. The average Bonchev–Trinajstić information content (AvgIpc) is 3.06. The van der Waals surface area contributed by atoms with Crippen LogP contribution >= 0.6 is 0 Å². The summed E-state index contributed by atoms with van der Waals surface area (Å²) in [5, 5.41) is 12.6. The Morgan fingerprint density at radius 2 is 1.90 bits per heavy atom. The third kappa shape index (κ3) is 3.41. The van der Waals surface area contributed by atoms with E-state index in [2.05, 4.69) is 10.2 Å². The lowest BCUT2D eigenvalue weighted by Gasteiger charge is -2.30. The Labute approximate surface area is 127 Å². The van der Waals surface area contributed by atoms with E-state index in [-0.39, 0.29) is 24.0 Å². The maximum absolute atomic E-state index is 12.3. The van der Waals surface area contributed by atoms with Crippen LogP contribution in [0.15, 0.2) is 0 Å². The van der Waals surface area contributed by atoms with E-state index in [9.17, 15) is 9.90 Å². The number of carbonyl (C=O) groups is 1. The molecule has 5 heteroatoms. The highest BCUT2D eigenvalue weighted by Gasteiger charge is 2.48. The zero-order valence-electron chi connectivity index (χ0n) is 12.8. The van der Waals surface area contributed by atoms with Crippen molar-refractivity contribution in [2.45, 2.75) is 50.7 Å². The second-order valence-electron chi connectivity index (χ2n) is 7.15. The van der Waals surface area contributed by atoms with Crippen LogP contribution in [0.1, 0.15) is 38.5 Å². The Hall–Kier alpha value is -0.650. The molecule has 0 radical (unpaired) electrons. The Bertz CT molecular complexity index is 367. The molecule has 4 unspecified atom stereocenters. The molecular weight excluding hydrogens is 266 g/mol. The van der Waals surface area contributed by atoms with Crippen LogP contribution in [-0.2, 0) is 4.79 Å². The first-order valence-electron chi connectivity index (χ1n) is 8.59. The quantitative estimate of drug-likeness (QED) is 0.638. The summed E-state index contributed by atoms with van der Waals surface area (Å²) in [6.45, 7) is 3.72. The first kappa shape index (κ1) is 15.3. The van der Waals surface area contributed by atoms with E-state index in [0.29, 0.717) is 11.8 Å². The topological polar surface area (TPSA) is 78.6 Å². The van der Waals surface area contributed by atoms with Crippen LogP contribution in [0.4, 0.5) is 0 Å². The van der Waals surface area contributed by atoms with E-state index in [0.717, 1.165) is 51.9 Å². The molecule has 2 saturated carbocycles. The van der Waals surface area contributed by atoms with Crippen LogP contribution in [0.2, 0.25) is 0 Å². The van der Waals surface area contributed by atoms with Crippen molar-refractivity contribution in [1.82, 2.24) is 10.2 Å². The SMILES string of the molecule is NC1C2CCC(C2)C1C(=O)NCCCN1CCC(O)CC1. The van der Waals surface area contributed by atoms with Gasteiger partial charge in [0.15, 0.2) is 0 Å². The van der Waals surface area contributed by atoms with Crippen LogP contribution in [0.5, 0.6) is 0 Å². The van der Waals surface area contributed by atoms with Gasteiger partial charge >= 0.3 is 0 Å². The normalized spacial score (nSPS) is 37.0. The summed E-state index contributed by atoms with van der Waals surface area (Å²) in [4.78, 5) is 14.7. The molecule has 1 heterocycles. The molecule has 4 atom stereocenters. The van der Waals surface area contributed by atoms with Gasteiger partial charge in [0.25, 0.3) is 0 Å². The van der Waals surface area contributed by atoms with Crippen molar-refractivity contribution in [2.24, 2.45) is 23.5 Å². The van der Waals surface area contributed by atoms with E-state index < -0.39 is 0 Å². The number of fused-ring (bicyclic) bond motifs is 2. The lowest BCUT2D eigenvalue weighted by Crippen LogP contribution is -2.45. The summed E-state index contributed by atoms with van der Waals surface area (Å²) >= 11 is 0. The van der Waals surface area contributed by atoms with Crippen molar-refractivity contribution in [3.8, 4) is 0 Å². The van der Waals surface area contributed by atoms with E-state index >= 15 is 0 Å². The van der Waals surface area contributed by atoms with Gasteiger partial charge in [0.2, 0.25) is 5.91 Å². The van der Waals surface area contributed by atoms with Crippen LogP contribution in [0.25, 0.3) is 0 Å². The van der Waals surface area contributed by atoms with Crippen LogP contribution in [0.3, 0.4) is 0 Å². The number of likely N-dealkylation sites (tertiary alicyclic amines) is 1. The Kier molecular flexibility index (Phi) is 4.82. The number of nitrogens with zero attached hydrogens (tertiary/aromatic N) is 1. The minimum absolute atomic E-state index is 0.0638. The minimum Gasteiger partial charge on any atom is -0.393 e. The number of hydrogen-bond acceptors (Lipinski definition) is 4. The number of amides is 1. The second kappa shape index (κ2) is 6.63. The predicted octanol–water partition coefficient (Wildman–Crippen LogP) is 0.323. The Morgan fingerprint density at radius 1 is 1.19 bits per heavy atom. The molecule has 1 aliphatic heterocycles. The number of aliphatic hydroxyl groups is 1. The lowest BCUT2D eigenvalue weighted by molar-refractivity contribution is -0.127. The summed E-state index contributed by atoms with van der Waals surface area (Å²) in [5.41, 5.74) is 6.21. The molecule has 3 aliphatic rings. The van der Waals surface area contributed by atoms with Crippen molar-refractivity contribution in [2.75, 3.05) is 26.2 Å². The molecule has 3 fully saturated rings. The van der Waals surface area contributed by atoms with Crippen molar-refractivity contribution in [3.63, 3.8) is 0 Å². The average molecular weight is 295 g/mol. The Balaban J connectivity index is 1.33. The third-order valence-electron chi connectivity index (χ3n) is 5.79. The molecule has 2 aliphatic carbocycles. The number of carbonyl (C=O) groups excluding carboxylic acids is 1. The van der Waals surface area contributed by atoms with Gasteiger partial charge in [-0.25, -0.2) is 0 Å². The van der Waals surface area contributed by atoms with E-state index in [1.807, 2.05) is 0 Å². The molecule has 120 valence electrons. The van der Waals surface area contributed by atoms with Crippen molar-refractivity contribution < 1.29 is 9.90 Å². The summed E-state index contributed by atoms with van der Waals surface area (Å²) in [6.07, 6.45) is 6.20. The molecule has 4 N–H and O–H groups in total. The fourth-order valence-corrected chi connectivity index (χ4v) is 4.50. The zero-order valence-corrected chi connectivity index (χ0v) is 12.8. The van der Waals surface area contributed by atoms with E-state index in [1.54, 1.807) is 0 Å². The lowest BCUT2D eigenvalue weighted by atomic mass is 9.84. The highest BCUT2D eigenvalue weighted by atomic mass is 16.3. The Morgan fingerprint density at radius 3 is 2.57 bits per heavy atom. The highest BCUT2D eigenvalue weighted by Crippen LogP contribution is 2.47. The third-order valence-corrected chi connectivity index (χ3v) is 5.79. The molecule has 5 nitrogen and oxygen atoms in total. The van der Waals surface area contributed by atoms with Crippen molar-refractivity contribution in [1.29, 1.82) is 0 Å². The fourth-order valence-electron chi connectivity index (χ4n) is 4.50. The van der Waals surface area contributed by atoms with E-state index in [4.69, 9.17) is 5.73 Å². The van der Waals surface area contributed by atoms with Gasteiger partial charge in [-0.05, 0) is 56.9 Å². The van der Waals surface area contributed by atoms with Crippen LogP contribution in [-0.4, -0.2) is 54.2 Å². The monoisotopic (exact) mass is 295 g/mol. The first-order chi connectivity index (χ1) is 10.1. The summed E-state index contributed by atoms with van der Waals surface area (Å²) in [7, 11) is 0. The molecule has 0 aromatic carbocycles. The molecule has 3 rings (SSSR count). The first-order valence-corrected chi connectivity index (χ1v) is 8.59. The van der Waals surface area contributed by atoms with Gasteiger partial charge in [-0.2, -0.15) is 0 Å². The number of nitrogens with two attached hydrogens (primary N) is 1. The summed E-state index contributed by atoms with van der Waals surface area (Å²) in [6, 6.07) is 0.0901. The number of nitrogens with one attached hydrogen (secondary N) is 1. The fraction of sp³-hybridized carbons (Fsp3) is 0.938. The number of piperidine rings is 1.